The Hall–Kier alpha value is -3.09. The normalized spacial score (nSPS) is 13.3. The molecule has 25 heavy (non-hydrogen) atoms. The van der Waals surface area contributed by atoms with Gasteiger partial charge in [-0.1, -0.05) is 12.1 Å². The molecule has 0 unspecified atom stereocenters. The van der Waals surface area contributed by atoms with Crippen molar-refractivity contribution in [2.45, 2.75) is 19.3 Å². The van der Waals surface area contributed by atoms with Gasteiger partial charge in [0.2, 0.25) is 0 Å². The van der Waals surface area contributed by atoms with Crippen LogP contribution in [0.5, 0.6) is 0 Å². The molecule has 1 aliphatic carbocycles. The number of carbonyl (C=O) groups excluding carboxylic acids is 2. The van der Waals surface area contributed by atoms with Crippen LogP contribution < -0.4 is 5.32 Å². The van der Waals surface area contributed by atoms with Gasteiger partial charge in [0.1, 0.15) is 5.70 Å². The number of esters is 2. The van der Waals surface area contributed by atoms with Crippen molar-refractivity contribution in [3.63, 3.8) is 0 Å². The predicted molar refractivity (Wildman–Crippen MR) is 91.8 cm³/mol. The van der Waals surface area contributed by atoms with E-state index in [0.717, 1.165) is 36.6 Å². The van der Waals surface area contributed by atoms with Gasteiger partial charge in [-0.2, -0.15) is 5.10 Å². The molecule has 3 rings (SSSR count). The first-order chi connectivity index (χ1) is 12.1. The van der Waals surface area contributed by atoms with Crippen LogP contribution in [0.2, 0.25) is 0 Å². The van der Waals surface area contributed by atoms with Crippen LogP contribution in [0.25, 0.3) is 11.3 Å². The third-order valence-corrected chi connectivity index (χ3v) is 4.11. The number of hydrogen-bond acceptors (Lipinski definition) is 6. The maximum Gasteiger partial charge on any atom is 0.354 e. The fourth-order valence-electron chi connectivity index (χ4n) is 2.86. The largest absolute Gasteiger partial charge is 0.466 e. The second kappa shape index (κ2) is 7.21. The van der Waals surface area contributed by atoms with E-state index >= 15 is 0 Å². The van der Waals surface area contributed by atoms with Gasteiger partial charge in [-0.3, -0.25) is 5.10 Å². The van der Waals surface area contributed by atoms with Crippen molar-refractivity contribution in [3.8, 4) is 11.3 Å². The number of carbonyl (C=O) groups is 2. The average Bonchev–Trinajstić information content (AvgIpc) is 3.24. The van der Waals surface area contributed by atoms with Gasteiger partial charge in [0.15, 0.2) is 0 Å². The van der Waals surface area contributed by atoms with Crippen LogP contribution in [0.4, 0.5) is 5.69 Å². The first kappa shape index (κ1) is 16.8. The minimum Gasteiger partial charge on any atom is -0.466 e. The number of hydrogen-bond donors (Lipinski definition) is 2. The summed E-state index contributed by atoms with van der Waals surface area (Å²) in [5, 5.41) is 10.4. The highest BCUT2D eigenvalue weighted by molar-refractivity contribution is 5.98. The number of methoxy groups -OCH3 is 2. The second-order valence-corrected chi connectivity index (χ2v) is 5.66. The van der Waals surface area contributed by atoms with Crippen LogP contribution in [0.15, 0.2) is 36.0 Å². The van der Waals surface area contributed by atoms with Crippen LogP contribution in [0.1, 0.15) is 17.7 Å². The SMILES string of the molecule is COC(=O)/C=C(/Nc1ccc(-c2n[nH]c3c2CCC3)cc1)C(=O)OC. The molecule has 130 valence electrons. The van der Waals surface area contributed by atoms with Crippen molar-refractivity contribution in [1.29, 1.82) is 0 Å². The van der Waals surface area contributed by atoms with E-state index in [-0.39, 0.29) is 5.70 Å². The van der Waals surface area contributed by atoms with E-state index in [4.69, 9.17) is 0 Å². The first-order valence-electron chi connectivity index (χ1n) is 7.94. The molecule has 0 fully saturated rings. The molecule has 0 atom stereocenters. The number of anilines is 1. The molecule has 0 bridgehead atoms. The fraction of sp³-hybridized carbons (Fsp3) is 0.278. The number of nitrogens with zero attached hydrogens (tertiary/aromatic N) is 1. The summed E-state index contributed by atoms with van der Waals surface area (Å²) >= 11 is 0. The Morgan fingerprint density at radius 2 is 1.92 bits per heavy atom. The summed E-state index contributed by atoms with van der Waals surface area (Å²) in [5.74, 6) is -1.30. The molecule has 0 amide bonds. The molecule has 0 saturated heterocycles. The zero-order valence-electron chi connectivity index (χ0n) is 14.1. The van der Waals surface area contributed by atoms with Crippen LogP contribution in [0, 0.1) is 0 Å². The molecule has 1 aliphatic rings. The van der Waals surface area contributed by atoms with E-state index in [0.29, 0.717) is 5.69 Å². The average molecular weight is 341 g/mol. The molecule has 1 aromatic heterocycles. The van der Waals surface area contributed by atoms with Crippen molar-refractivity contribution in [1.82, 2.24) is 10.2 Å². The lowest BCUT2D eigenvalue weighted by molar-refractivity contribution is -0.138. The summed E-state index contributed by atoms with van der Waals surface area (Å²) in [6, 6.07) is 7.48. The molecule has 0 spiro atoms. The third-order valence-electron chi connectivity index (χ3n) is 4.11. The maximum absolute atomic E-state index is 11.8. The zero-order chi connectivity index (χ0) is 17.8. The summed E-state index contributed by atoms with van der Waals surface area (Å²) in [7, 11) is 2.49. The third kappa shape index (κ3) is 3.55. The first-order valence-corrected chi connectivity index (χ1v) is 7.94. The van der Waals surface area contributed by atoms with E-state index < -0.39 is 11.9 Å². The smallest absolute Gasteiger partial charge is 0.354 e. The Morgan fingerprint density at radius 1 is 1.16 bits per heavy atom. The quantitative estimate of drug-likeness (QED) is 0.640. The molecule has 7 nitrogen and oxygen atoms in total. The number of fused-ring (bicyclic) bond motifs is 1. The Labute approximate surface area is 145 Å². The fourth-order valence-corrected chi connectivity index (χ4v) is 2.86. The van der Waals surface area contributed by atoms with Crippen LogP contribution in [-0.4, -0.2) is 36.4 Å². The number of aryl methyl sites for hydroxylation is 1. The van der Waals surface area contributed by atoms with Crippen molar-refractivity contribution in [3.05, 3.63) is 47.3 Å². The van der Waals surface area contributed by atoms with Crippen LogP contribution in [-0.2, 0) is 31.9 Å². The number of aromatic amines is 1. The monoisotopic (exact) mass is 341 g/mol. The Balaban J connectivity index is 1.80. The van der Waals surface area contributed by atoms with Gasteiger partial charge in [-0.25, -0.2) is 9.59 Å². The van der Waals surface area contributed by atoms with Gasteiger partial charge >= 0.3 is 11.9 Å². The summed E-state index contributed by atoms with van der Waals surface area (Å²) in [4.78, 5) is 23.2. The molecule has 1 aromatic carbocycles. The maximum atomic E-state index is 11.8. The van der Waals surface area contributed by atoms with E-state index in [1.54, 1.807) is 0 Å². The molecule has 2 aromatic rings. The van der Waals surface area contributed by atoms with Crippen molar-refractivity contribution < 1.29 is 19.1 Å². The molecule has 0 aliphatic heterocycles. The molecule has 1 heterocycles. The number of nitrogens with one attached hydrogen (secondary N) is 2. The number of rotatable bonds is 5. The van der Waals surface area contributed by atoms with Gasteiger partial charge in [0, 0.05) is 22.5 Å². The number of benzene rings is 1. The molecule has 7 heteroatoms. The van der Waals surface area contributed by atoms with E-state index in [1.165, 1.54) is 25.5 Å². The number of ether oxygens (including phenoxy) is 2. The lowest BCUT2D eigenvalue weighted by Crippen LogP contribution is -2.15. The highest BCUT2D eigenvalue weighted by atomic mass is 16.5. The van der Waals surface area contributed by atoms with Crippen molar-refractivity contribution in [2.75, 3.05) is 19.5 Å². The summed E-state index contributed by atoms with van der Waals surface area (Å²) in [5.41, 5.74) is 5.12. The summed E-state index contributed by atoms with van der Waals surface area (Å²) in [6.45, 7) is 0. The van der Waals surface area contributed by atoms with Gasteiger partial charge in [0.05, 0.1) is 26.0 Å². The molecular weight excluding hydrogens is 322 g/mol. The minimum atomic E-state index is -0.653. The topological polar surface area (TPSA) is 93.3 Å². The van der Waals surface area contributed by atoms with E-state index in [9.17, 15) is 9.59 Å². The van der Waals surface area contributed by atoms with Crippen LogP contribution in [0.3, 0.4) is 0 Å². The van der Waals surface area contributed by atoms with Crippen molar-refractivity contribution >= 4 is 17.6 Å². The molecule has 2 N–H and O–H groups in total. The van der Waals surface area contributed by atoms with Crippen molar-refractivity contribution in [2.24, 2.45) is 0 Å². The van der Waals surface area contributed by atoms with E-state index in [1.807, 2.05) is 24.3 Å². The van der Waals surface area contributed by atoms with Gasteiger partial charge in [-0.15, -0.1) is 0 Å². The van der Waals surface area contributed by atoms with Gasteiger partial charge in [-0.05, 0) is 31.4 Å². The molecular formula is C18H19N3O4. The predicted octanol–water partition coefficient (Wildman–Crippen LogP) is 2.21. The molecule has 0 saturated carbocycles. The van der Waals surface area contributed by atoms with Gasteiger partial charge in [0.25, 0.3) is 0 Å². The Bertz CT molecular complexity index is 821. The second-order valence-electron chi connectivity index (χ2n) is 5.66. The Kier molecular flexibility index (Phi) is 4.83. The zero-order valence-corrected chi connectivity index (χ0v) is 14.1. The number of H-pyrrole nitrogens is 1. The summed E-state index contributed by atoms with van der Waals surface area (Å²) < 4.78 is 9.22. The van der Waals surface area contributed by atoms with E-state index in [2.05, 4.69) is 25.0 Å². The lowest BCUT2D eigenvalue weighted by atomic mass is 10.1. The highest BCUT2D eigenvalue weighted by Crippen LogP contribution is 2.30. The van der Waals surface area contributed by atoms with Crippen LogP contribution >= 0.6 is 0 Å². The summed E-state index contributed by atoms with van der Waals surface area (Å²) in [6.07, 6.45) is 4.29. The Morgan fingerprint density at radius 3 is 2.60 bits per heavy atom. The minimum absolute atomic E-state index is 0.00256. The number of aromatic nitrogens is 2. The molecule has 0 radical (unpaired) electrons. The standard InChI is InChI=1S/C18H19N3O4/c1-24-16(22)10-15(18(23)25-2)19-12-8-6-11(7-9-12)17-13-4-3-5-14(13)20-21-17/h6-10,19H,3-5H2,1-2H3,(H,20,21)/b15-10+. The van der Waals surface area contributed by atoms with Gasteiger partial charge < -0.3 is 14.8 Å². The lowest BCUT2D eigenvalue weighted by Gasteiger charge is -2.09. The highest BCUT2D eigenvalue weighted by Gasteiger charge is 2.19.